The molecule has 0 aromatic carbocycles. The molecule has 1 heterocycles. The second-order valence-corrected chi connectivity index (χ2v) is 4.58. The third-order valence-corrected chi connectivity index (χ3v) is 2.86. The molecule has 1 saturated heterocycles. The largest absolute Gasteiger partial charge is 0.381 e. The van der Waals surface area contributed by atoms with Gasteiger partial charge in [-0.25, -0.2) is 0 Å². The molecular weight excluding hydrogens is 212 g/mol. The standard InChI is InChI=1S/C11H24N2O.ClH/c1-10(12)9-13(2)6-3-11-4-7-14-8-5-11;/h10-11H,3-9,12H2,1-2H3;1H. The van der Waals surface area contributed by atoms with Crippen LogP contribution in [0.2, 0.25) is 0 Å². The number of halogens is 1. The first-order valence-corrected chi connectivity index (χ1v) is 5.70. The molecule has 0 aliphatic carbocycles. The molecule has 1 atom stereocenters. The third kappa shape index (κ3) is 7.12. The molecule has 0 bridgehead atoms. The highest BCUT2D eigenvalue weighted by Crippen LogP contribution is 2.18. The van der Waals surface area contributed by atoms with E-state index in [2.05, 4.69) is 18.9 Å². The molecule has 3 nitrogen and oxygen atoms in total. The molecule has 1 aliphatic rings. The number of ether oxygens (including phenoxy) is 1. The summed E-state index contributed by atoms with van der Waals surface area (Å²) in [6.45, 7) is 6.16. The number of nitrogens with zero attached hydrogens (tertiary/aromatic N) is 1. The smallest absolute Gasteiger partial charge is 0.0468 e. The van der Waals surface area contributed by atoms with Crippen LogP contribution in [0, 0.1) is 5.92 Å². The van der Waals surface area contributed by atoms with Gasteiger partial charge in [-0.3, -0.25) is 0 Å². The molecule has 1 aliphatic heterocycles. The maximum absolute atomic E-state index is 5.74. The Labute approximate surface area is 99.7 Å². The lowest BCUT2D eigenvalue weighted by Crippen LogP contribution is -2.34. The second-order valence-electron chi connectivity index (χ2n) is 4.58. The fourth-order valence-corrected chi connectivity index (χ4v) is 2.02. The lowest BCUT2D eigenvalue weighted by atomic mass is 9.96. The molecule has 2 N–H and O–H groups in total. The predicted octanol–water partition coefficient (Wildman–Crippen LogP) is 1.50. The van der Waals surface area contributed by atoms with E-state index in [4.69, 9.17) is 10.5 Å². The van der Waals surface area contributed by atoms with Crippen LogP contribution in [0.3, 0.4) is 0 Å². The topological polar surface area (TPSA) is 38.5 Å². The van der Waals surface area contributed by atoms with Crippen LogP contribution in [-0.2, 0) is 4.74 Å². The summed E-state index contributed by atoms with van der Waals surface area (Å²) < 4.78 is 5.34. The summed E-state index contributed by atoms with van der Waals surface area (Å²) in [7, 11) is 2.16. The molecule has 92 valence electrons. The first-order valence-electron chi connectivity index (χ1n) is 5.70. The van der Waals surface area contributed by atoms with Gasteiger partial charge in [-0.2, -0.15) is 0 Å². The van der Waals surface area contributed by atoms with Crippen molar-refractivity contribution in [1.82, 2.24) is 4.90 Å². The number of hydrogen-bond acceptors (Lipinski definition) is 3. The summed E-state index contributed by atoms with van der Waals surface area (Å²) in [4.78, 5) is 2.33. The highest BCUT2D eigenvalue weighted by Gasteiger charge is 2.14. The Kier molecular flexibility index (Phi) is 8.43. The van der Waals surface area contributed by atoms with Crippen LogP contribution in [0.5, 0.6) is 0 Å². The zero-order valence-electron chi connectivity index (χ0n) is 9.95. The van der Waals surface area contributed by atoms with Crippen molar-refractivity contribution < 1.29 is 4.74 Å². The molecule has 0 saturated carbocycles. The molecule has 0 spiro atoms. The van der Waals surface area contributed by atoms with E-state index in [0.717, 1.165) is 25.7 Å². The van der Waals surface area contributed by atoms with Gasteiger partial charge in [0.2, 0.25) is 0 Å². The van der Waals surface area contributed by atoms with Crippen LogP contribution in [0.15, 0.2) is 0 Å². The quantitative estimate of drug-likeness (QED) is 0.787. The van der Waals surface area contributed by atoms with Crippen LogP contribution in [-0.4, -0.2) is 44.3 Å². The second kappa shape index (κ2) is 8.34. The van der Waals surface area contributed by atoms with Gasteiger partial charge in [-0.05, 0) is 45.7 Å². The van der Waals surface area contributed by atoms with E-state index in [-0.39, 0.29) is 18.4 Å². The van der Waals surface area contributed by atoms with E-state index in [1.807, 2.05) is 0 Å². The highest BCUT2D eigenvalue weighted by molar-refractivity contribution is 5.85. The molecule has 0 aromatic heterocycles. The number of rotatable bonds is 5. The van der Waals surface area contributed by atoms with Gasteiger partial charge in [-0.15, -0.1) is 12.4 Å². The van der Waals surface area contributed by atoms with Crippen molar-refractivity contribution >= 4 is 12.4 Å². The van der Waals surface area contributed by atoms with Gasteiger partial charge in [0.05, 0.1) is 0 Å². The average Bonchev–Trinajstić information content (AvgIpc) is 2.15. The Morgan fingerprint density at radius 2 is 2.00 bits per heavy atom. The number of nitrogens with two attached hydrogens (primary N) is 1. The minimum atomic E-state index is 0. The maximum atomic E-state index is 5.74. The lowest BCUT2D eigenvalue weighted by Gasteiger charge is -2.25. The molecule has 0 amide bonds. The summed E-state index contributed by atoms with van der Waals surface area (Å²) in [6.07, 6.45) is 3.78. The van der Waals surface area contributed by atoms with Crippen molar-refractivity contribution in [3.05, 3.63) is 0 Å². The van der Waals surface area contributed by atoms with Gasteiger partial charge < -0.3 is 15.4 Å². The van der Waals surface area contributed by atoms with Crippen LogP contribution >= 0.6 is 12.4 Å². The Morgan fingerprint density at radius 1 is 1.40 bits per heavy atom. The van der Waals surface area contributed by atoms with E-state index in [9.17, 15) is 0 Å². The normalized spacial score (nSPS) is 20.0. The Balaban J connectivity index is 0.00000196. The van der Waals surface area contributed by atoms with Crippen LogP contribution in [0.25, 0.3) is 0 Å². The van der Waals surface area contributed by atoms with Gasteiger partial charge >= 0.3 is 0 Å². The van der Waals surface area contributed by atoms with Crippen molar-refractivity contribution in [2.24, 2.45) is 11.7 Å². The van der Waals surface area contributed by atoms with Crippen molar-refractivity contribution in [2.45, 2.75) is 32.2 Å². The Morgan fingerprint density at radius 3 is 2.53 bits per heavy atom. The molecule has 1 rings (SSSR count). The van der Waals surface area contributed by atoms with Gasteiger partial charge in [0.1, 0.15) is 0 Å². The summed E-state index contributed by atoms with van der Waals surface area (Å²) in [5, 5.41) is 0. The van der Waals surface area contributed by atoms with E-state index < -0.39 is 0 Å². The molecule has 1 unspecified atom stereocenters. The van der Waals surface area contributed by atoms with E-state index in [1.54, 1.807) is 0 Å². The minimum Gasteiger partial charge on any atom is -0.381 e. The Bertz CT molecular complexity index is 150. The Hall–Kier alpha value is 0.170. The highest BCUT2D eigenvalue weighted by atomic mass is 35.5. The molecule has 0 aromatic rings. The predicted molar refractivity (Wildman–Crippen MR) is 66.6 cm³/mol. The van der Waals surface area contributed by atoms with Crippen LogP contribution in [0.1, 0.15) is 26.2 Å². The van der Waals surface area contributed by atoms with Crippen molar-refractivity contribution in [3.63, 3.8) is 0 Å². The monoisotopic (exact) mass is 236 g/mol. The fourth-order valence-electron chi connectivity index (χ4n) is 2.02. The van der Waals surface area contributed by atoms with Gasteiger partial charge in [0.25, 0.3) is 0 Å². The van der Waals surface area contributed by atoms with Crippen molar-refractivity contribution in [2.75, 3.05) is 33.4 Å². The summed E-state index contributed by atoms with van der Waals surface area (Å²) in [5.74, 6) is 0.874. The summed E-state index contributed by atoms with van der Waals surface area (Å²) in [6, 6.07) is 0.287. The summed E-state index contributed by atoms with van der Waals surface area (Å²) >= 11 is 0. The molecule has 1 fully saturated rings. The van der Waals surface area contributed by atoms with E-state index >= 15 is 0 Å². The van der Waals surface area contributed by atoms with E-state index in [1.165, 1.54) is 25.8 Å². The first-order chi connectivity index (χ1) is 6.68. The molecule has 15 heavy (non-hydrogen) atoms. The molecular formula is C11H25ClN2O. The van der Waals surface area contributed by atoms with Gasteiger partial charge in [-0.1, -0.05) is 0 Å². The zero-order valence-corrected chi connectivity index (χ0v) is 10.8. The van der Waals surface area contributed by atoms with Gasteiger partial charge in [0, 0.05) is 25.8 Å². The fraction of sp³-hybridized carbons (Fsp3) is 1.00. The number of likely N-dealkylation sites (N-methyl/N-ethyl adjacent to an activating group) is 1. The van der Waals surface area contributed by atoms with Gasteiger partial charge in [0.15, 0.2) is 0 Å². The van der Waals surface area contributed by atoms with Crippen LogP contribution in [0.4, 0.5) is 0 Å². The third-order valence-electron chi connectivity index (χ3n) is 2.86. The minimum absolute atomic E-state index is 0. The van der Waals surface area contributed by atoms with Crippen molar-refractivity contribution in [3.8, 4) is 0 Å². The van der Waals surface area contributed by atoms with E-state index in [0.29, 0.717) is 0 Å². The first kappa shape index (κ1) is 15.2. The molecule has 0 radical (unpaired) electrons. The van der Waals surface area contributed by atoms with Crippen molar-refractivity contribution in [1.29, 1.82) is 0 Å². The van der Waals surface area contributed by atoms with Crippen LogP contribution < -0.4 is 5.73 Å². The maximum Gasteiger partial charge on any atom is 0.0468 e. The summed E-state index contributed by atoms with van der Waals surface area (Å²) in [5.41, 5.74) is 5.74. The molecule has 4 heteroatoms. The average molecular weight is 237 g/mol. The lowest BCUT2D eigenvalue weighted by molar-refractivity contribution is 0.0609. The zero-order chi connectivity index (χ0) is 10.4. The number of hydrogen-bond donors (Lipinski definition) is 1. The SMILES string of the molecule is CC(N)CN(C)CCC1CCOCC1.Cl.